The number of ketones is 1. The van der Waals surface area contributed by atoms with Crippen LogP contribution in [0.3, 0.4) is 0 Å². The number of hydrogen-bond donors (Lipinski definition) is 0. The first-order valence-electron chi connectivity index (χ1n) is 6.91. The Morgan fingerprint density at radius 3 is 3.05 bits per heavy atom. The van der Waals surface area contributed by atoms with E-state index in [1.807, 2.05) is 0 Å². The van der Waals surface area contributed by atoms with Crippen LogP contribution < -0.4 is 4.74 Å². The van der Waals surface area contributed by atoms with Gasteiger partial charge in [-0.05, 0) is 44.2 Å². The molecule has 2 fully saturated rings. The molecule has 0 bridgehead atoms. The van der Waals surface area contributed by atoms with E-state index in [1.54, 1.807) is 25.4 Å². The molecular weight excluding hydrogens is 242 g/mol. The first-order chi connectivity index (χ1) is 9.24. The molecule has 1 aliphatic carbocycles. The van der Waals surface area contributed by atoms with Gasteiger partial charge in [-0.25, -0.2) is 4.98 Å². The van der Waals surface area contributed by atoms with Gasteiger partial charge in [0.25, 0.3) is 0 Å². The normalized spacial score (nSPS) is 24.8. The second kappa shape index (κ2) is 4.93. The Labute approximate surface area is 113 Å². The molecule has 1 saturated heterocycles. The molecule has 0 amide bonds. The monoisotopic (exact) mass is 261 g/mol. The summed E-state index contributed by atoms with van der Waals surface area (Å²) in [7, 11) is 1.55. The topological polar surface area (TPSA) is 48.4 Å². The van der Waals surface area contributed by atoms with E-state index in [2.05, 4.69) is 4.98 Å². The molecule has 1 aliphatic heterocycles. The Balaban J connectivity index is 1.79. The molecule has 4 heteroatoms. The summed E-state index contributed by atoms with van der Waals surface area (Å²) in [6, 6.07) is 3.59. The molecule has 1 saturated carbocycles. The van der Waals surface area contributed by atoms with Crippen molar-refractivity contribution in [1.82, 2.24) is 4.98 Å². The molecule has 2 heterocycles. The zero-order chi connectivity index (χ0) is 13.3. The highest BCUT2D eigenvalue weighted by molar-refractivity contribution is 5.99. The largest absolute Gasteiger partial charge is 0.480 e. The lowest BCUT2D eigenvalue weighted by atomic mass is 9.70. The van der Waals surface area contributed by atoms with E-state index in [0.29, 0.717) is 18.1 Å². The van der Waals surface area contributed by atoms with Crippen molar-refractivity contribution in [2.45, 2.75) is 37.7 Å². The van der Waals surface area contributed by atoms with Gasteiger partial charge in [0.2, 0.25) is 5.88 Å². The molecule has 3 rings (SSSR count). The molecule has 0 aromatic carbocycles. The van der Waals surface area contributed by atoms with Crippen LogP contribution in [0.1, 0.15) is 42.5 Å². The number of Topliss-reactive ketones (excluding diaryl/α,β-unsaturated/α-hetero) is 1. The zero-order valence-electron chi connectivity index (χ0n) is 11.2. The van der Waals surface area contributed by atoms with E-state index >= 15 is 0 Å². The number of aromatic nitrogens is 1. The van der Waals surface area contributed by atoms with Gasteiger partial charge in [0.15, 0.2) is 5.78 Å². The molecule has 19 heavy (non-hydrogen) atoms. The van der Waals surface area contributed by atoms with E-state index in [4.69, 9.17) is 9.47 Å². The van der Waals surface area contributed by atoms with Crippen molar-refractivity contribution in [3.63, 3.8) is 0 Å². The average molecular weight is 261 g/mol. The number of carbonyl (C=O) groups is 1. The molecule has 4 nitrogen and oxygen atoms in total. The maximum atomic E-state index is 12.6. The summed E-state index contributed by atoms with van der Waals surface area (Å²) < 4.78 is 11.1. The van der Waals surface area contributed by atoms with E-state index in [0.717, 1.165) is 25.7 Å². The van der Waals surface area contributed by atoms with Gasteiger partial charge in [0, 0.05) is 18.7 Å². The third-order valence-electron chi connectivity index (χ3n) is 4.36. The van der Waals surface area contributed by atoms with Crippen LogP contribution in [0.15, 0.2) is 18.3 Å². The first-order valence-corrected chi connectivity index (χ1v) is 6.91. The first kappa shape index (κ1) is 12.6. The Kier molecular flexibility index (Phi) is 3.27. The third-order valence-corrected chi connectivity index (χ3v) is 4.36. The van der Waals surface area contributed by atoms with Gasteiger partial charge in [-0.2, -0.15) is 0 Å². The summed E-state index contributed by atoms with van der Waals surface area (Å²) in [6.07, 6.45) is 6.72. The van der Waals surface area contributed by atoms with Crippen molar-refractivity contribution >= 4 is 5.78 Å². The number of pyridine rings is 1. The highest BCUT2D eigenvalue weighted by Gasteiger charge is 2.44. The molecule has 1 unspecified atom stereocenters. The fourth-order valence-corrected chi connectivity index (χ4v) is 3.13. The maximum Gasteiger partial charge on any atom is 0.224 e. The van der Waals surface area contributed by atoms with Gasteiger partial charge in [0.05, 0.1) is 18.3 Å². The van der Waals surface area contributed by atoms with Crippen LogP contribution in [0.4, 0.5) is 0 Å². The SMILES string of the molecule is COc1ncccc1C(=O)C1CCOC2(CCC2)C1. The van der Waals surface area contributed by atoms with Crippen LogP contribution in [-0.4, -0.2) is 30.1 Å². The molecule has 1 aromatic rings. The predicted octanol–water partition coefficient (Wildman–Crippen LogP) is 2.62. The number of ether oxygens (including phenoxy) is 2. The molecular formula is C15H19NO3. The molecule has 102 valence electrons. The number of hydrogen-bond acceptors (Lipinski definition) is 4. The highest BCUT2D eigenvalue weighted by atomic mass is 16.5. The highest BCUT2D eigenvalue weighted by Crippen LogP contribution is 2.45. The van der Waals surface area contributed by atoms with Crippen LogP contribution >= 0.6 is 0 Å². The lowest BCUT2D eigenvalue weighted by Crippen LogP contribution is -2.47. The summed E-state index contributed by atoms with van der Waals surface area (Å²) in [5.74, 6) is 0.633. The minimum Gasteiger partial charge on any atom is -0.480 e. The van der Waals surface area contributed by atoms with Gasteiger partial charge in [0.1, 0.15) is 0 Å². The number of nitrogens with zero attached hydrogens (tertiary/aromatic N) is 1. The summed E-state index contributed by atoms with van der Waals surface area (Å²) in [6.45, 7) is 0.693. The van der Waals surface area contributed by atoms with Gasteiger partial charge in [-0.15, -0.1) is 0 Å². The molecule has 1 aromatic heterocycles. The Hall–Kier alpha value is -1.42. The minimum absolute atomic E-state index is 0.00593. The van der Waals surface area contributed by atoms with Gasteiger partial charge in [-0.1, -0.05) is 0 Å². The van der Waals surface area contributed by atoms with E-state index in [1.165, 1.54) is 6.42 Å². The average Bonchev–Trinajstić information content (AvgIpc) is 2.45. The van der Waals surface area contributed by atoms with E-state index < -0.39 is 0 Å². The smallest absolute Gasteiger partial charge is 0.224 e. The van der Waals surface area contributed by atoms with E-state index in [-0.39, 0.29) is 17.3 Å². The van der Waals surface area contributed by atoms with Crippen molar-refractivity contribution in [2.24, 2.45) is 5.92 Å². The van der Waals surface area contributed by atoms with Crippen molar-refractivity contribution in [3.05, 3.63) is 23.9 Å². The Morgan fingerprint density at radius 1 is 1.53 bits per heavy atom. The van der Waals surface area contributed by atoms with Gasteiger partial charge < -0.3 is 9.47 Å². The molecule has 0 radical (unpaired) electrons. The molecule has 1 spiro atoms. The van der Waals surface area contributed by atoms with Crippen LogP contribution in [0, 0.1) is 5.92 Å². The summed E-state index contributed by atoms with van der Waals surface area (Å²) in [5, 5.41) is 0. The Morgan fingerprint density at radius 2 is 2.37 bits per heavy atom. The van der Waals surface area contributed by atoms with Crippen LogP contribution in [0.2, 0.25) is 0 Å². The molecule has 0 N–H and O–H groups in total. The van der Waals surface area contributed by atoms with Gasteiger partial charge in [-0.3, -0.25) is 4.79 Å². The lowest BCUT2D eigenvalue weighted by molar-refractivity contribution is -0.137. The molecule has 2 aliphatic rings. The van der Waals surface area contributed by atoms with E-state index in [9.17, 15) is 4.79 Å². The number of methoxy groups -OCH3 is 1. The van der Waals surface area contributed by atoms with Crippen molar-refractivity contribution in [1.29, 1.82) is 0 Å². The minimum atomic E-state index is -0.00593. The van der Waals surface area contributed by atoms with Crippen molar-refractivity contribution in [3.8, 4) is 5.88 Å². The lowest BCUT2D eigenvalue weighted by Gasteiger charge is -2.46. The summed E-state index contributed by atoms with van der Waals surface area (Å²) >= 11 is 0. The van der Waals surface area contributed by atoms with Crippen LogP contribution in [0.5, 0.6) is 5.88 Å². The fraction of sp³-hybridized carbons (Fsp3) is 0.600. The van der Waals surface area contributed by atoms with Crippen LogP contribution in [-0.2, 0) is 4.74 Å². The third kappa shape index (κ3) is 2.25. The quantitative estimate of drug-likeness (QED) is 0.785. The Bertz CT molecular complexity index is 482. The summed E-state index contributed by atoms with van der Waals surface area (Å²) in [5.41, 5.74) is 0.597. The zero-order valence-corrected chi connectivity index (χ0v) is 11.2. The number of rotatable bonds is 3. The number of carbonyl (C=O) groups excluding carboxylic acids is 1. The standard InChI is InChI=1S/C15H19NO3/c1-18-14-12(4-2-8-16-14)13(17)11-5-9-19-15(10-11)6-3-7-15/h2,4,8,11H,3,5-7,9-10H2,1H3. The second-order valence-electron chi connectivity index (χ2n) is 5.50. The predicted molar refractivity (Wildman–Crippen MR) is 70.4 cm³/mol. The second-order valence-corrected chi connectivity index (χ2v) is 5.50. The van der Waals surface area contributed by atoms with Gasteiger partial charge >= 0.3 is 0 Å². The van der Waals surface area contributed by atoms with Crippen molar-refractivity contribution < 1.29 is 14.3 Å². The molecule has 1 atom stereocenters. The summed E-state index contributed by atoms with van der Waals surface area (Å²) in [4.78, 5) is 16.7. The van der Waals surface area contributed by atoms with Crippen molar-refractivity contribution in [2.75, 3.05) is 13.7 Å². The van der Waals surface area contributed by atoms with Crippen LogP contribution in [0.25, 0.3) is 0 Å². The fourth-order valence-electron chi connectivity index (χ4n) is 3.13. The maximum absolute atomic E-state index is 12.6.